The van der Waals surface area contributed by atoms with Crippen LogP contribution in [0.4, 0.5) is 4.79 Å². The van der Waals surface area contributed by atoms with Gasteiger partial charge in [0.1, 0.15) is 11.4 Å². The van der Waals surface area contributed by atoms with Crippen molar-refractivity contribution in [3.8, 4) is 5.75 Å². The summed E-state index contributed by atoms with van der Waals surface area (Å²) >= 11 is 8.26. The molecule has 0 saturated carbocycles. The Labute approximate surface area is 156 Å². The van der Waals surface area contributed by atoms with E-state index in [0.29, 0.717) is 17.5 Å². The van der Waals surface area contributed by atoms with Crippen LogP contribution in [0.1, 0.15) is 33.6 Å². The van der Waals surface area contributed by atoms with E-state index in [4.69, 9.17) is 21.1 Å². The number of carbonyl (C=O) groups excluding carboxylic acids is 1. The van der Waals surface area contributed by atoms with E-state index in [2.05, 4.69) is 22.6 Å². The van der Waals surface area contributed by atoms with Crippen molar-refractivity contribution >= 4 is 40.3 Å². The Bertz CT molecular complexity index is 531. The molecule has 1 aromatic rings. The normalized spacial score (nSPS) is 16.3. The molecule has 128 valence electrons. The van der Waals surface area contributed by atoms with E-state index in [9.17, 15) is 4.79 Å². The Morgan fingerprint density at radius 2 is 1.96 bits per heavy atom. The number of hydrogen-bond donors (Lipinski definition) is 0. The van der Waals surface area contributed by atoms with Crippen molar-refractivity contribution in [3.05, 3.63) is 26.8 Å². The molecule has 0 spiro atoms. The molecule has 0 unspecified atom stereocenters. The lowest BCUT2D eigenvalue weighted by Crippen LogP contribution is -2.42. The van der Waals surface area contributed by atoms with Gasteiger partial charge in [0.25, 0.3) is 0 Å². The molecule has 0 radical (unpaired) electrons. The van der Waals surface area contributed by atoms with Gasteiger partial charge in [0.15, 0.2) is 0 Å². The zero-order chi connectivity index (χ0) is 17.0. The average molecular weight is 452 g/mol. The highest BCUT2D eigenvalue weighted by molar-refractivity contribution is 14.1. The second-order valence-electron chi connectivity index (χ2n) is 6.83. The van der Waals surface area contributed by atoms with E-state index in [1.54, 1.807) is 4.90 Å². The number of nitrogens with zero attached hydrogens (tertiary/aromatic N) is 1. The zero-order valence-corrected chi connectivity index (χ0v) is 16.7. The maximum Gasteiger partial charge on any atom is 0.410 e. The average Bonchev–Trinajstić information content (AvgIpc) is 2.43. The summed E-state index contributed by atoms with van der Waals surface area (Å²) in [4.78, 5) is 13.8. The van der Waals surface area contributed by atoms with Crippen LogP contribution >= 0.6 is 34.2 Å². The summed E-state index contributed by atoms with van der Waals surface area (Å²) < 4.78 is 12.3. The van der Waals surface area contributed by atoms with Gasteiger partial charge >= 0.3 is 6.09 Å². The fourth-order valence-corrected chi connectivity index (χ4v) is 3.49. The van der Waals surface area contributed by atoms with Crippen LogP contribution in [0.25, 0.3) is 0 Å². The molecule has 1 aliphatic rings. The van der Waals surface area contributed by atoms with Gasteiger partial charge in [-0.05, 0) is 80.3 Å². The van der Waals surface area contributed by atoms with Crippen molar-refractivity contribution in [2.75, 3.05) is 19.7 Å². The maximum atomic E-state index is 12.0. The minimum Gasteiger partial charge on any atom is -0.493 e. The van der Waals surface area contributed by atoms with Crippen LogP contribution in [0.3, 0.4) is 0 Å². The Morgan fingerprint density at radius 3 is 2.52 bits per heavy atom. The van der Waals surface area contributed by atoms with Crippen molar-refractivity contribution in [2.24, 2.45) is 5.92 Å². The summed E-state index contributed by atoms with van der Waals surface area (Å²) in [7, 11) is 0. The van der Waals surface area contributed by atoms with Crippen LogP contribution in [0.2, 0.25) is 5.02 Å². The number of rotatable bonds is 3. The predicted molar refractivity (Wildman–Crippen MR) is 100 cm³/mol. The highest BCUT2D eigenvalue weighted by atomic mass is 127. The lowest BCUT2D eigenvalue weighted by atomic mass is 9.98. The van der Waals surface area contributed by atoms with Crippen LogP contribution < -0.4 is 4.74 Å². The molecule has 23 heavy (non-hydrogen) atoms. The van der Waals surface area contributed by atoms with E-state index in [1.165, 1.54) is 0 Å². The molecular weight excluding hydrogens is 429 g/mol. The Morgan fingerprint density at radius 1 is 1.30 bits per heavy atom. The van der Waals surface area contributed by atoms with Crippen LogP contribution in [0.15, 0.2) is 18.2 Å². The summed E-state index contributed by atoms with van der Waals surface area (Å²) in [5, 5.41) is 0.687. The van der Waals surface area contributed by atoms with Crippen molar-refractivity contribution in [3.63, 3.8) is 0 Å². The van der Waals surface area contributed by atoms with Gasteiger partial charge in [-0.25, -0.2) is 4.79 Å². The molecule has 0 atom stereocenters. The minimum absolute atomic E-state index is 0.221. The molecule has 1 fully saturated rings. The Hall–Kier alpha value is -0.690. The molecule has 0 bridgehead atoms. The molecule has 0 aliphatic carbocycles. The molecule has 1 saturated heterocycles. The standard InChI is InChI=1S/C17H23ClINO3/c1-17(2,3)23-16(21)20-6-4-12(5-7-20)11-22-15-9-13(18)8-14(19)10-15/h8-10,12H,4-7,11H2,1-3H3. The maximum absolute atomic E-state index is 12.0. The van der Waals surface area contributed by atoms with Crippen LogP contribution in [0, 0.1) is 9.49 Å². The van der Waals surface area contributed by atoms with Crippen molar-refractivity contribution < 1.29 is 14.3 Å². The molecule has 6 heteroatoms. The van der Waals surface area contributed by atoms with Gasteiger partial charge in [-0.2, -0.15) is 0 Å². The number of benzene rings is 1. The number of piperidine rings is 1. The first kappa shape index (κ1) is 18.6. The number of likely N-dealkylation sites (tertiary alicyclic amines) is 1. The summed E-state index contributed by atoms with van der Waals surface area (Å²) in [6.45, 7) is 7.75. The second-order valence-corrected chi connectivity index (χ2v) is 8.51. The van der Waals surface area contributed by atoms with E-state index < -0.39 is 5.60 Å². The SMILES string of the molecule is CC(C)(C)OC(=O)N1CCC(COc2cc(Cl)cc(I)c2)CC1. The van der Waals surface area contributed by atoms with Gasteiger partial charge in [0.05, 0.1) is 6.61 Å². The Kier molecular flexibility index (Phi) is 6.42. The largest absolute Gasteiger partial charge is 0.493 e. The monoisotopic (exact) mass is 451 g/mol. The third-order valence-corrected chi connectivity index (χ3v) is 4.43. The van der Waals surface area contributed by atoms with Crippen LogP contribution in [0.5, 0.6) is 5.75 Å². The number of carbonyl (C=O) groups is 1. The van der Waals surface area contributed by atoms with E-state index >= 15 is 0 Å². The minimum atomic E-state index is -0.444. The van der Waals surface area contributed by atoms with Crippen molar-refractivity contribution in [2.45, 2.75) is 39.2 Å². The summed E-state index contributed by atoms with van der Waals surface area (Å²) in [5.41, 5.74) is -0.444. The Balaban J connectivity index is 1.77. The fraction of sp³-hybridized carbons (Fsp3) is 0.588. The summed E-state index contributed by atoms with van der Waals surface area (Å²) in [5.74, 6) is 1.25. The third kappa shape index (κ3) is 6.37. The van der Waals surface area contributed by atoms with E-state index in [-0.39, 0.29) is 6.09 Å². The quantitative estimate of drug-likeness (QED) is 0.609. The first-order chi connectivity index (χ1) is 10.7. The van der Waals surface area contributed by atoms with Crippen molar-refractivity contribution in [1.82, 2.24) is 4.90 Å². The molecule has 2 rings (SSSR count). The lowest BCUT2D eigenvalue weighted by molar-refractivity contribution is 0.0165. The summed E-state index contributed by atoms with van der Waals surface area (Å²) in [6.07, 6.45) is 1.63. The molecule has 1 amide bonds. The second kappa shape index (κ2) is 7.92. The van der Waals surface area contributed by atoms with Crippen LogP contribution in [-0.2, 0) is 4.74 Å². The smallest absolute Gasteiger partial charge is 0.410 e. The van der Waals surface area contributed by atoms with E-state index in [1.807, 2.05) is 39.0 Å². The van der Waals surface area contributed by atoms with Crippen LogP contribution in [-0.4, -0.2) is 36.3 Å². The van der Waals surface area contributed by atoms with Gasteiger partial charge in [-0.15, -0.1) is 0 Å². The first-order valence-corrected chi connectivity index (χ1v) is 9.25. The zero-order valence-electron chi connectivity index (χ0n) is 13.8. The molecule has 4 nitrogen and oxygen atoms in total. The van der Waals surface area contributed by atoms with Gasteiger partial charge in [0, 0.05) is 21.7 Å². The molecule has 1 aliphatic heterocycles. The predicted octanol–water partition coefficient (Wildman–Crippen LogP) is 4.97. The van der Waals surface area contributed by atoms with Gasteiger partial charge in [-0.3, -0.25) is 0 Å². The number of halogens is 2. The number of amides is 1. The highest BCUT2D eigenvalue weighted by Crippen LogP contribution is 2.25. The number of ether oxygens (including phenoxy) is 2. The molecule has 1 aromatic carbocycles. The molecular formula is C17H23ClINO3. The first-order valence-electron chi connectivity index (χ1n) is 7.80. The van der Waals surface area contributed by atoms with Gasteiger partial charge in [0.2, 0.25) is 0 Å². The molecule has 1 heterocycles. The molecule has 0 aromatic heterocycles. The third-order valence-electron chi connectivity index (χ3n) is 3.59. The summed E-state index contributed by atoms with van der Waals surface area (Å²) in [6, 6.07) is 5.70. The number of hydrogen-bond acceptors (Lipinski definition) is 3. The fourth-order valence-electron chi connectivity index (χ4n) is 2.43. The highest BCUT2D eigenvalue weighted by Gasteiger charge is 2.27. The lowest BCUT2D eigenvalue weighted by Gasteiger charge is -2.33. The van der Waals surface area contributed by atoms with E-state index in [0.717, 1.165) is 35.3 Å². The topological polar surface area (TPSA) is 38.8 Å². The van der Waals surface area contributed by atoms with Crippen molar-refractivity contribution in [1.29, 1.82) is 0 Å². The molecule has 0 N–H and O–H groups in total. The van der Waals surface area contributed by atoms with Gasteiger partial charge in [-0.1, -0.05) is 11.6 Å². The van der Waals surface area contributed by atoms with Gasteiger partial charge < -0.3 is 14.4 Å².